The molecule has 1 spiro atoms. The number of ether oxygens (including phenoxy) is 1. The van der Waals surface area contributed by atoms with Crippen LogP contribution in [0.25, 0.3) is 87.7 Å². The zero-order chi connectivity index (χ0) is 43.8. The van der Waals surface area contributed by atoms with E-state index in [9.17, 15) is 0 Å². The minimum atomic E-state index is -0.624. The first-order chi connectivity index (χ1) is 33.2. The molecule has 13 aromatic rings. The van der Waals surface area contributed by atoms with Crippen LogP contribution in [-0.2, 0) is 5.41 Å². The quantitative estimate of drug-likeness (QED) is 0.177. The van der Waals surface area contributed by atoms with E-state index >= 15 is 0 Å². The van der Waals surface area contributed by atoms with Gasteiger partial charge in [0.05, 0.1) is 5.41 Å². The van der Waals surface area contributed by atoms with Crippen molar-refractivity contribution in [2.24, 2.45) is 0 Å². The van der Waals surface area contributed by atoms with Gasteiger partial charge < -0.3 is 18.5 Å². The molecule has 0 N–H and O–H groups in total. The van der Waals surface area contributed by atoms with Gasteiger partial charge in [-0.05, 0) is 111 Å². The van der Waals surface area contributed by atoms with Gasteiger partial charge in [-0.15, -0.1) is 0 Å². The van der Waals surface area contributed by atoms with Gasteiger partial charge in [-0.25, -0.2) is 0 Å². The van der Waals surface area contributed by atoms with E-state index in [1.807, 2.05) is 24.3 Å². The molecule has 0 radical (unpaired) electrons. The molecule has 2 aromatic heterocycles. The number of rotatable bonds is 4. The highest BCUT2D eigenvalue weighted by Gasteiger charge is 2.52. The molecule has 1 aliphatic heterocycles. The molecule has 0 fully saturated rings. The molecule has 11 aromatic carbocycles. The van der Waals surface area contributed by atoms with Crippen molar-refractivity contribution in [3.05, 3.63) is 247 Å². The van der Waals surface area contributed by atoms with Gasteiger partial charge in [0.2, 0.25) is 0 Å². The van der Waals surface area contributed by atoms with Gasteiger partial charge in [-0.2, -0.15) is 0 Å². The molecule has 67 heavy (non-hydrogen) atoms. The van der Waals surface area contributed by atoms with Gasteiger partial charge in [0, 0.05) is 60.5 Å². The van der Waals surface area contributed by atoms with Crippen molar-refractivity contribution in [1.82, 2.24) is 0 Å². The summed E-state index contributed by atoms with van der Waals surface area (Å²) in [7, 11) is 0. The first-order valence-electron chi connectivity index (χ1n) is 22.9. The maximum Gasteiger partial charge on any atom is 0.140 e. The molecule has 0 atom stereocenters. The van der Waals surface area contributed by atoms with E-state index in [2.05, 4.69) is 205 Å². The highest BCUT2D eigenvalue weighted by molar-refractivity contribution is 6.09. The molecule has 2 aliphatic rings. The molecular formula is C63H37NO3. The first kappa shape index (κ1) is 36.5. The van der Waals surface area contributed by atoms with Crippen LogP contribution in [0, 0.1) is 0 Å². The Morgan fingerprint density at radius 2 is 0.776 bits per heavy atom. The third kappa shape index (κ3) is 5.07. The lowest BCUT2D eigenvalue weighted by molar-refractivity contribution is 0.447. The van der Waals surface area contributed by atoms with Gasteiger partial charge >= 0.3 is 0 Å². The Balaban J connectivity index is 0.921. The molecule has 0 unspecified atom stereocenters. The van der Waals surface area contributed by atoms with Crippen LogP contribution in [0.1, 0.15) is 22.3 Å². The molecule has 3 heterocycles. The second-order valence-electron chi connectivity index (χ2n) is 17.9. The van der Waals surface area contributed by atoms with E-state index in [1.165, 1.54) is 22.3 Å². The molecule has 15 rings (SSSR count). The van der Waals surface area contributed by atoms with Crippen LogP contribution in [-0.4, -0.2) is 0 Å². The molecule has 0 amide bonds. The monoisotopic (exact) mass is 855 g/mol. The van der Waals surface area contributed by atoms with Crippen molar-refractivity contribution in [1.29, 1.82) is 0 Å². The van der Waals surface area contributed by atoms with Gasteiger partial charge in [-0.3, -0.25) is 0 Å². The summed E-state index contributed by atoms with van der Waals surface area (Å²) in [6, 6.07) is 81.0. The van der Waals surface area contributed by atoms with Gasteiger partial charge in [0.15, 0.2) is 0 Å². The second-order valence-corrected chi connectivity index (χ2v) is 17.9. The van der Waals surface area contributed by atoms with Gasteiger partial charge in [-0.1, -0.05) is 158 Å². The second kappa shape index (κ2) is 13.6. The van der Waals surface area contributed by atoms with Crippen molar-refractivity contribution < 1.29 is 13.6 Å². The molecular weight excluding hydrogens is 819 g/mol. The van der Waals surface area contributed by atoms with Gasteiger partial charge in [0.25, 0.3) is 0 Å². The number of nitrogens with zero attached hydrogens (tertiary/aromatic N) is 1. The lowest BCUT2D eigenvalue weighted by Crippen LogP contribution is -2.32. The largest absolute Gasteiger partial charge is 0.456 e. The number of fused-ring (bicyclic) bond motifs is 19. The first-order valence-corrected chi connectivity index (χ1v) is 22.9. The van der Waals surface area contributed by atoms with Crippen molar-refractivity contribution in [3.63, 3.8) is 0 Å². The number of hydrogen-bond acceptors (Lipinski definition) is 4. The lowest BCUT2D eigenvalue weighted by atomic mass is 9.65. The fraction of sp³-hybridized carbons (Fsp3) is 0.0159. The van der Waals surface area contributed by atoms with E-state index in [4.69, 9.17) is 13.6 Å². The third-order valence-electron chi connectivity index (χ3n) is 14.5. The van der Waals surface area contributed by atoms with E-state index < -0.39 is 5.41 Å². The van der Waals surface area contributed by atoms with Crippen LogP contribution in [0.3, 0.4) is 0 Å². The molecule has 4 nitrogen and oxygen atoms in total. The minimum Gasteiger partial charge on any atom is -0.456 e. The normalized spacial score (nSPS) is 13.3. The molecule has 0 saturated heterocycles. The maximum absolute atomic E-state index is 7.21. The summed E-state index contributed by atoms with van der Waals surface area (Å²) in [5, 5.41) is 8.89. The highest BCUT2D eigenvalue weighted by atomic mass is 16.5. The summed E-state index contributed by atoms with van der Waals surface area (Å²) in [5.41, 5.74) is 15.6. The fourth-order valence-corrected chi connectivity index (χ4v) is 11.5. The predicted molar refractivity (Wildman–Crippen MR) is 274 cm³/mol. The van der Waals surface area contributed by atoms with E-state index in [0.29, 0.717) is 0 Å². The van der Waals surface area contributed by atoms with Crippen molar-refractivity contribution in [2.45, 2.75) is 5.41 Å². The number of benzene rings is 11. The number of hydrogen-bond donors (Lipinski definition) is 0. The predicted octanol–water partition coefficient (Wildman–Crippen LogP) is 17.4. The summed E-state index contributed by atoms with van der Waals surface area (Å²) in [4.78, 5) is 2.34. The highest BCUT2D eigenvalue weighted by Crippen LogP contribution is 2.64. The maximum atomic E-state index is 7.21. The van der Waals surface area contributed by atoms with Gasteiger partial charge in [0.1, 0.15) is 33.8 Å². The van der Waals surface area contributed by atoms with Crippen molar-refractivity contribution in [3.8, 4) is 33.8 Å². The fourth-order valence-electron chi connectivity index (χ4n) is 11.5. The Labute approximate surface area is 385 Å². The number of furan rings is 2. The summed E-state index contributed by atoms with van der Waals surface area (Å²) >= 11 is 0. The summed E-state index contributed by atoms with van der Waals surface area (Å²) in [5.74, 6) is 1.84. The molecule has 4 heteroatoms. The molecule has 0 saturated carbocycles. The zero-order valence-corrected chi connectivity index (χ0v) is 36.0. The van der Waals surface area contributed by atoms with Crippen LogP contribution in [0.15, 0.2) is 233 Å². The Kier molecular flexibility index (Phi) is 7.40. The van der Waals surface area contributed by atoms with Crippen LogP contribution < -0.4 is 9.64 Å². The number of para-hydroxylation sites is 2. The molecule has 1 aliphatic carbocycles. The Hall–Kier alpha value is -8.86. The summed E-state index contributed by atoms with van der Waals surface area (Å²) in [6.45, 7) is 0. The lowest BCUT2D eigenvalue weighted by Gasteiger charge is -2.40. The summed E-state index contributed by atoms with van der Waals surface area (Å²) < 4.78 is 19.8. The molecule has 312 valence electrons. The SMILES string of the molecule is c1ccc2c(c1)-c1ccc(-c3ccc(N(c4ccc5oc6ccccc6c5c4)c4ccc5oc6ccccc6c5c4)cc3)cc1C21c2ccc3ccccc3c2Oc2c1ccc1ccccc21. The average molecular weight is 856 g/mol. The van der Waals surface area contributed by atoms with Crippen LogP contribution in [0.2, 0.25) is 0 Å². The van der Waals surface area contributed by atoms with Crippen molar-refractivity contribution >= 4 is 82.5 Å². The standard InChI is InChI=1S/C63H37NO3/c1-3-13-45-39(11-1)24-31-54-61(45)67-62-46-14-4-2-12-40(46)25-32-55(62)63(54)53-18-8-5-15-47(53)48-30-23-41(35-56(48)63)38-21-26-42(27-22-38)64(43-28-33-59-51(36-43)49-16-6-9-19-57(49)65-59)44-29-34-60-52(37-44)50-17-7-10-20-58(50)66-60/h1-37H. The van der Waals surface area contributed by atoms with Crippen LogP contribution in [0.5, 0.6) is 11.5 Å². The smallest absolute Gasteiger partial charge is 0.140 e. The minimum absolute atomic E-state index is 0.624. The van der Waals surface area contributed by atoms with E-state index in [-0.39, 0.29) is 0 Å². The van der Waals surface area contributed by atoms with Crippen LogP contribution >= 0.6 is 0 Å². The summed E-state index contributed by atoms with van der Waals surface area (Å²) in [6.07, 6.45) is 0. The third-order valence-corrected chi connectivity index (χ3v) is 14.5. The van der Waals surface area contributed by atoms with Crippen LogP contribution in [0.4, 0.5) is 17.1 Å². The topological polar surface area (TPSA) is 38.8 Å². The Morgan fingerprint density at radius 1 is 0.299 bits per heavy atom. The van der Waals surface area contributed by atoms with Crippen molar-refractivity contribution in [2.75, 3.05) is 4.90 Å². The average Bonchev–Trinajstić information content (AvgIpc) is 4.05. The zero-order valence-electron chi connectivity index (χ0n) is 36.0. The number of anilines is 3. The molecule has 0 bridgehead atoms. The Bertz CT molecular complexity index is 4010. The Morgan fingerprint density at radius 3 is 1.39 bits per heavy atom. The van der Waals surface area contributed by atoms with E-state index in [0.717, 1.165) is 116 Å². The van der Waals surface area contributed by atoms with E-state index in [1.54, 1.807) is 0 Å².